The van der Waals surface area contributed by atoms with Crippen molar-refractivity contribution < 1.29 is 26.7 Å². The number of sulfonamides is 1. The number of hydrogen-bond acceptors (Lipinski definition) is 7. The maximum Gasteiger partial charge on any atom is 0.416 e. The Bertz CT molecular complexity index is 1570. The van der Waals surface area contributed by atoms with Crippen LogP contribution in [-0.4, -0.2) is 50.5 Å². The molecule has 1 fully saturated rings. The molecule has 1 aromatic carbocycles. The zero-order valence-corrected chi connectivity index (χ0v) is 22.1. The first-order valence-electron chi connectivity index (χ1n) is 11.6. The molecule has 0 aliphatic carbocycles. The third-order valence-electron chi connectivity index (χ3n) is 6.42. The van der Waals surface area contributed by atoms with Gasteiger partial charge in [-0.25, -0.2) is 13.4 Å². The molecule has 0 unspecified atom stereocenters. The van der Waals surface area contributed by atoms with Crippen molar-refractivity contribution in [3.05, 3.63) is 76.3 Å². The van der Waals surface area contributed by atoms with Crippen LogP contribution in [0.3, 0.4) is 0 Å². The minimum atomic E-state index is -4.69. The molecule has 4 aromatic rings. The number of alkyl halides is 3. The van der Waals surface area contributed by atoms with Crippen molar-refractivity contribution in [3.63, 3.8) is 0 Å². The zero-order valence-electron chi connectivity index (χ0n) is 19.7. The number of rotatable bonds is 6. The van der Waals surface area contributed by atoms with Gasteiger partial charge in [-0.15, -0.1) is 0 Å². The number of hydrogen-bond donors (Lipinski definition) is 2. The van der Waals surface area contributed by atoms with Gasteiger partial charge in [0.05, 0.1) is 16.2 Å². The van der Waals surface area contributed by atoms with E-state index in [9.17, 15) is 26.7 Å². The van der Waals surface area contributed by atoms with Crippen LogP contribution in [0.1, 0.15) is 35.6 Å². The number of anilines is 1. The molecule has 3 aromatic heterocycles. The van der Waals surface area contributed by atoms with Crippen LogP contribution in [-0.2, 0) is 22.7 Å². The maximum atomic E-state index is 13.1. The lowest BCUT2D eigenvalue weighted by Crippen LogP contribution is -2.38. The molecule has 0 saturated carbocycles. The molecule has 38 heavy (non-hydrogen) atoms. The van der Waals surface area contributed by atoms with Crippen molar-refractivity contribution in [2.75, 3.05) is 18.4 Å². The lowest BCUT2D eigenvalue weighted by molar-refractivity contribution is -0.137. The topological polar surface area (TPSA) is 113 Å². The SMILES string of the molecule is O=S(=O)(c1ccc(C(F)(F)F)cc1O)N1CCC(c2cc(NCc3cccnc3)n3ncc(Br)c3n2)CC1. The third-order valence-corrected chi connectivity index (χ3v) is 8.93. The number of halogens is 4. The Labute approximate surface area is 224 Å². The molecule has 1 saturated heterocycles. The van der Waals surface area contributed by atoms with Gasteiger partial charge in [-0.05, 0) is 58.6 Å². The minimum Gasteiger partial charge on any atom is -0.507 e. The van der Waals surface area contributed by atoms with Gasteiger partial charge in [-0.3, -0.25) is 4.98 Å². The lowest BCUT2D eigenvalue weighted by atomic mass is 9.94. The second-order valence-electron chi connectivity index (χ2n) is 8.87. The quantitative estimate of drug-likeness (QED) is 0.323. The van der Waals surface area contributed by atoms with Crippen molar-refractivity contribution in [1.29, 1.82) is 0 Å². The van der Waals surface area contributed by atoms with Crippen molar-refractivity contribution in [1.82, 2.24) is 23.9 Å². The highest BCUT2D eigenvalue weighted by Crippen LogP contribution is 2.37. The first-order chi connectivity index (χ1) is 18.0. The Balaban J connectivity index is 1.34. The molecule has 4 heterocycles. The first kappa shape index (κ1) is 26.4. The van der Waals surface area contributed by atoms with Gasteiger partial charge >= 0.3 is 6.18 Å². The molecular formula is C24H22BrF3N6O3S. The highest BCUT2D eigenvalue weighted by Gasteiger charge is 2.35. The van der Waals surface area contributed by atoms with Crippen LogP contribution >= 0.6 is 15.9 Å². The summed E-state index contributed by atoms with van der Waals surface area (Å²) in [5.41, 5.74) is 1.24. The number of aromatic nitrogens is 4. The van der Waals surface area contributed by atoms with Gasteiger partial charge in [-0.1, -0.05) is 6.07 Å². The zero-order chi connectivity index (χ0) is 27.1. The van der Waals surface area contributed by atoms with E-state index in [1.807, 2.05) is 18.2 Å². The number of nitrogens with one attached hydrogen (secondary N) is 1. The van der Waals surface area contributed by atoms with Crippen molar-refractivity contribution in [3.8, 4) is 5.75 Å². The number of aromatic hydroxyl groups is 1. The summed E-state index contributed by atoms with van der Waals surface area (Å²) in [5, 5.41) is 17.8. The van der Waals surface area contributed by atoms with E-state index in [-0.39, 0.29) is 19.0 Å². The number of phenols is 1. The van der Waals surface area contributed by atoms with Crippen molar-refractivity contribution >= 4 is 37.4 Å². The predicted octanol–water partition coefficient (Wildman–Crippen LogP) is 4.79. The second kappa shape index (κ2) is 10.2. The molecule has 1 aliphatic rings. The Morgan fingerprint density at radius 2 is 1.89 bits per heavy atom. The summed E-state index contributed by atoms with van der Waals surface area (Å²) >= 11 is 3.48. The summed E-state index contributed by atoms with van der Waals surface area (Å²) in [4.78, 5) is 8.33. The minimum absolute atomic E-state index is 0.0617. The predicted molar refractivity (Wildman–Crippen MR) is 136 cm³/mol. The van der Waals surface area contributed by atoms with E-state index in [1.165, 1.54) is 4.31 Å². The van der Waals surface area contributed by atoms with Crippen LogP contribution in [0.4, 0.5) is 19.0 Å². The Morgan fingerprint density at radius 1 is 1.13 bits per heavy atom. The van der Waals surface area contributed by atoms with Crippen LogP contribution in [0.25, 0.3) is 5.65 Å². The maximum absolute atomic E-state index is 13.1. The van der Waals surface area contributed by atoms with Crippen LogP contribution in [0, 0.1) is 0 Å². The standard InChI is InChI=1S/C24H22BrF3N6O3S/c25-18-14-31-34-22(30-13-15-2-1-7-29-12-15)11-19(32-23(18)34)16-5-8-33(9-6-16)38(36,37)21-4-3-17(10-20(21)35)24(26,27)28/h1-4,7,10-12,14,16,30,35H,5-6,8-9,13H2. The molecule has 0 atom stereocenters. The van der Waals surface area contributed by atoms with Gasteiger partial charge in [0, 0.05) is 49.7 Å². The Kier molecular flexibility index (Phi) is 7.05. The molecule has 5 rings (SSSR count). The average molecular weight is 611 g/mol. The van der Waals surface area contributed by atoms with E-state index in [1.54, 1.807) is 23.1 Å². The van der Waals surface area contributed by atoms with Crippen molar-refractivity contribution in [2.24, 2.45) is 0 Å². The van der Waals surface area contributed by atoms with Crippen molar-refractivity contribution in [2.45, 2.75) is 36.4 Å². The second-order valence-corrected chi connectivity index (χ2v) is 11.6. The molecule has 200 valence electrons. The molecule has 14 heteroatoms. The fourth-order valence-corrected chi connectivity index (χ4v) is 6.31. The summed E-state index contributed by atoms with van der Waals surface area (Å²) in [6, 6.07) is 7.57. The van der Waals surface area contributed by atoms with Crippen LogP contribution in [0.2, 0.25) is 0 Å². The monoisotopic (exact) mass is 610 g/mol. The highest BCUT2D eigenvalue weighted by molar-refractivity contribution is 9.10. The number of phenolic OH excluding ortho intramolecular Hbond substituents is 1. The Morgan fingerprint density at radius 3 is 2.55 bits per heavy atom. The largest absolute Gasteiger partial charge is 0.507 e. The van der Waals surface area contributed by atoms with E-state index in [0.717, 1.165) is 17.3 Å². The van der Waals surface area contributed by atoms with Gasteiger partial charge in [0.2, 0.25) is 10.0 Å². The summed E-state index contributed by atoms with van der Waals surface area (Å²) in [6.45, 7) is 0.760. The summed E-state index contributed by atoms with van der Waals surface area (Å²) in [7, 11) is -4.18. The molecule has 0 bridgehead atoms. The number of benzene rings is 1. The Hall–Kier alpha value is -3.23. The van der Waals surface area contributed by atoms with E-state index >= 15 is 0 Å². The molecule has 0 amide bonds. The van der Waals surface area contributed by atoms with Gasteiger partial charge in [0.25, 0.3) is 0 Å². The highest BCUT2D eigenvalue weighted by atomic mass is 79.9. The number of pyridine rings is 1. The third kappa shape index (κ3) is 5.20. The summed E-state index contributed by atoms with van der Waals surface area (Å²) in [6.07, 6.45) is 1.29. The normalized spacial score (nSPS) is 15.7. The molecule has 0 radical (unpaired) electrons. The van der Waals surface area contributed by atoms with Gasteiger partial charge in [-0.2, -0.15) is 27.1 Å². The first-order valence-corrected chi connectivity index (χ1v) is 13.8. The van der Waals surface area contributed by atoms with E-state index < -0.39 is 32.4 Å². The van der Waals surface area contributed by atoms with E-state index in [0.29, 0.717) is 47.5 Å². The van der Waals surface area contributed by atoms with Crippen LogP contribution in [0.15, 0.2) is 64.4 Å². The molecular weight excluding hydrogens is 589 g/mol. The number of nitrogens with zero attached hydrogens (tertiary/aromatic N) is 5. The number of fused-ring (bicyclic) bond motifs is 1. The fraction of sp³-hybridized carbons (Fsp3) is 0.292. The lowest BCUT2D eigenvalue weighted by Gasteiger charge is -2.31. The summed E-state index contributed by atoms with van der Waals surface area (Å²) in [5.74, 6) is -0.276. The van der Waals surface area contributed by atoms with Gasteiger partial charge in [0.15, 0.2) is 5.65 Å². The van der Waals surface area contributed by atoms with Gasteiger partial charge in [0.1, 0.15) is 16.5 Å². The smallest absolute Gasteiger partial charge is 0.416 e. The summed E-state index contributed by atoms with van der Waals surface area (Å²) < 4.78 is 68.6. The molecule has 1 aliphatic heterocycles. The molecule has 9 nitrogen and oxygen atoms in total. The average Bonchev–Trinajstić information content (AvgIpc) is 3.28. The van der Waals surface area contributed by atoms with E-state index in [2.05, 4.69) is 31.3 Å². The molecule has 0 spiro atoms. The molecule has 2 N–H and O–H groups in total. The van der Waals surface area contributed by atoms with Gasteiger partial charge < -0.3 is 10.4 Å². The number of piperidine rings is 1. The van der Waals surface area contributed by atoms with Crippen LogP contribution in [0.5, 0.6) is 5.75 Å². The van der Waals surface area contributed by atoms with E-state index in [4.69, 9.17) is 4.98 Å². The van der Waals surface area contributed by atoms with Crippen LogP contribution < -0.4 is 5.32 Å². The fourth-order valence-electron chi connectivity index (χ4n) is 4.43.